The third kappa shape index (κ3) is 3.58. The van der Waals surface area contributed by atoms with E-state index in [0.29, 0.717) is 0 Å². The van der Waals surface area contributed by atoms with Crippen LogP contribution in [0, 0.1) is 0 Å². The second-order valence-corrected chi connectivity index (χ2v) is 4.86. The molecule has 0 aromatic carbocycles. The van der Waals surface area contributed by atoms with E-state index in [2.05, 4.69) is 22.4 Å². The summed E-state index contributed by atoms with van der Waals surface area (Å²) in [4.78, 5) is 0. The lowest BCUT2D eigenvalue weighted by Gasteiger charge is -2.06. The van der Waals surface area contributed by atoms with Gasteiger partial charge < -0.3 is 5.32 Å². The quantitative estimate of drug-likeness (QED) is 0.790. The van der Waals surface area contributed by atoms with E-state index in [1.807, 2.05) is 28.7 Å². The van der Waals surface area contributed by atoms with Gasteiger partial charge in [-0.2, -0.15) is 10.2 Å². The molecule has 0 bridgehead atoms. The maximum absolute atomic E-state index is 6.29. The van der Waals surface area contributed by atoms with Crippen LogP contribution in [-0.4, -0.2) is 26.1 Å². The summed E-state index contributed by atoms with van der Waals surface area (Å²) < 4.78 is 3.80. The minimum Gasteiger partial charge on any atom is -0.311 e. The minimum absolute atomic E-state index is 0.751. The molecule has 104 valence electrons. The molecule has 0 radical (unpaired) electrons. The Bertz CT molecular complexity index is 503. The molecule has 2 aromatic heterocycles. The highest BCUT2D eigenvalue weighted by Gasteiger charge is 2.11. The smallest absolute Gasteiger partial charge is 0.0863 e. The van der Waals surface area contributed by atoms with E-state index in [1.165, 1.54) is 0 Å². The van der Waals surface area contributed by atoms with E-state index in [1.54, 1.807) is 6.20 Å². The zero-order valence-corrected chi connectivity index (χ0v) is 12.2. The Kier molecular flexibility index (Phi) is 4.99. The van der Waals surface area contributed by atoms with E-state index in [9.17, 15) is 0 Å². The molecule has 0 amide bonds. The van der Waals surface area contributed by atoms with Gasteiger partial charge in [0.2, 0.25) is 0 Å². The summed E-state index contributed by atoms with van der Waals surface area (Å²) in [6.07, 6.45) is 5.68. The number of hydrogen-bond donors (Lipinski definition) is 1. The Morgan fingerprint density at radius 2 is 2.26 bits per heavy atom. The van der Waals surface area contributed by atoms with Gasteiger partial charge in [0.15, 0.2) is 0 Å². The van der Waals surface area contributed by atoms with Gasteiger partial charge in [0, 0.05) is 32.5 Å². The number of aromatic nitrogens is 4. The Hall–Kier alpha value is -1.33. The van der Waals surface area contributed by atoms with Crippen molar-refractivity contribution < 1.29 is 0 Å². The van der Waals surface area contributed by atoms with Crippen LogP contribution >= 0.6 is 11.6 Å². The molecule has 19 heavy (non-hydrogen) atoms. The summed E-state index contributed by atoms with van der Waals surface area (Å²) in [5.74, 6) is 0. The van der Waals surface area contributed by atoms with E-state index in [4.69, 9.17) is 11.6 Å². The van der Waals surface area contributed by atoms with Crippen LogP contribution in [0.3, 0.4) is 0 Å². The molecule has 0 saturated heterocycles. The Labute approximate surface area is 118 Å². The second-order valence-electron chi connectivity index (χ2n) is 4.48. The number of nitrogens with zero attached hydrogens (tertiary/aromatic N) is 4. The molecule has 2 heterocycles. The number of rotatable bonds is 7. The van der Waals surface area contributed by atoms with Crippen LogP contribution in [0.25, 0.3) is 0 Å². The lowest BCUT2D eigenvalue weighted by Crippen LogP contribution is -2.18. The van der Waals surface area contributed by atoms with Crippen molar-refractivity contribution in [1.82, 2.24) is 24.9 Å². The third-order valence-corrected chi connectivity index (χ3v) is 3.53. The molecule has 0 atom stereocenters. The molecule has 0 aliphatic carbocycles. The van der Waals surface area contributed by atoms with E-state index < -0.39 is 0 Å². The van der Waals surface area contributed by atoms with Crippen molar-refractivity contribution in [3.05, 3.63) is 34.9 Å². The molecule has 6 heteroatoms. The lowest BCUT2D eigenvalue weighted by atomic mass is 10.3. The van der Waals surface area contributed by atoms with Crippen LogP contribution in [0.1, 0.15) is 24.7 Å². The highest BCUT2D eigenvalue weighted by atomic mass is 35.5. The van der Waals surface area contributed by atoms with E-state index in [-0.39, 0.29) is 0 Å². The van der Waals surface area contributed by atoms with Crippen LogP contribution in [0.5, 0.6) is 0 Å². The van der Waals surface area contributed by atoms with Crippen LogP contribution in [0.15, 0.2) is 18.5 Å². The van der Waals surface area contributed by atoms with Gasteiger partial charge >= 0.3 is 0 Å². The second kappa shape index (κ2) is 6.73. The normalized spacial score (nSPS) is 11.1. The predicted molar refractivity (Wildman–Crippen MR) is 76.1 cm³/mol. The maximum Gasteiger partial charge on any atom is 0.0863 e. The highest BCUT2D eigenvalue weighted by Crippen LogP contribution is 2.20. The van der Waals surface area contributed by atoms with Gasteiger partial charge in [-0.1, -0.05) is 18.5 Å². The Morgan fingerprint density at radius 3 is 2.89 bits per heavy atom. The van der Waals surface area contributed by atoms with Crippen molar-refractivity contribution >= 4 is 11.6 Å². The molecule has 5 nitrogen and oxygen atoms in total. The van der Waals surface area contributed by atoms with Crippen molar-refractivity contribution in [3.8, 4) is 0 Å². The molecular formula is C13H20ClN5. The summed E-state index contributed by atoms with van der Waals surface area (Å²) >= 11 is 6.29. The summed E-state index contributed by atoms with van der Waals surface area (Å²) in [5, 5.41) is 12.8. The standard InChI is InChI=1S/C13H20ClN5/c1-3-11-13(14)12(18(2)17-11)10-15-6-4-8-19-9-5-7-16-19/h5,7,9,15H,3-4,6,8,10H2,1-2H3. The molecule has 0 aliphatic rings. The third-order valence-electron chi connectivity index (χ3n) is 3.10. The van der Waals surface area contributed by atoms with Gasteiger partial charge in [-0.05, 0) is 25.5 Å². The summed E-state index contributed by atoms with van der Waals surface area (Å²) in [7, 11) is 1.94. The van der Waals surface area contributed by atoms with Gasteiger partial charge in [-0.25, -0.2) is 0 Å². The minimum atomic E-state index is 0.751. The highest BCUT2D eigenvalue weighted by molar-refractivity contribution is 6.31. The van der Waals surface area contributed by atoms with Crippen molar-refractivity contribution in [1.29, 1.82) is 0 Å². The van der Waals surface area contributed by atoms with Crippen LogP contribution < -0.4 is 5.32 Å². The van der Waals surface area contributed by atoms with Crippen molar-refractivity contribution in [2.45, 2.75) is 32.9 Å². The van der Waals surface area contributed by atoms with Gasteiger partial charge in [-0.15, -0.1) is 0 Å². The Morgan fingerprint density at radius 1 is 1.42 bits per heavy atom. The fraction of sp³-hybridized carbons (Fsp3) is 0.538. The number of nitrogens with one attached hydrogen (secondary N) is 1. The molecule has 0 aliphatic heterocycles. The summed E-state index contributed by atoms with van der Waals surface area (Å²) in [5.41, 5.74) is 2.02. The maximum atomic E-state index is 6.29. The Balaban J connectivity index is 1.75. The first-order valence-electron chi connectivity index (χ1n) is 6.60. The molecule has 1 N–H and O–H groups in total. The van der Waals surface area contributed by atoms with Crippen LogP contribution in [0.4, 0.5) is 0 Å². The van der Waals surface area contributed by atoms with Crippen molar-refractivity contribution in [3.63, 3.8) is 0 Å². The van der Waals surface area contributed by atoms with Crippen LogP contribution in [0.2, 0.25) is 5.02 Å². The molecule has 0 saturated carbocycles. The van der Waals surface area contributed by atoms with E-state index in [0.717, 1.165) is 48.9 Å². The fourth-order valence-electron chi connectivity index (χ4n) is 2.02. The van der Waals surface area contributed by atoms with Gasteiger partial charge in [0.05, 0.1) is 16.4 Å². The average Bonchev–Trinajstić information content (AvgIpc) is 3.00. The van der Waals surface area contributed by atoms with Gasteiger partial charge in [0.25, 0.3) is 0 Å². The van der Waals surface area contributed by atoms with Crippen molar-refractivity contribution in [2.24, 2.45) is 7.05 Å². The molecule has 0 spiro atoms. The number of aryl methyl sites for hydroxylation is 3. The molecular weight excluding hydrogens is 262 g/mol. The van der Waals surface area contributed by atoms with Crippen LogP contribution in [-0.2, 0) is 26.6 Å². The number of hydrogen-bond acceptors (Lipinski definition) is 3. The molecule has 2 aromatic rings. The van der Waals surface area contributed by atoms with E-state index >= 15 is 0 Å². The summed E-state index contributed by atoms with van der Waals surface area (Å²) in [6.45, 7) is 4.68. The SMILES string of the molecule is CCc1nn(C)c(CNCCCn2cccn2)c1Cl. The zero-order chi connectivity index (χ0) is 13.7. The largest absolute Gasteiger partial charge is 0.311 e. The number of halogens is 1. The van der Waals surface area contributed by atoms with Gasteiger partial charge in [-0.3, -0.25) is 9.36 Å². The monoisotopic (exact) mass is 281 g/mol. The lowest BCUT2D eigenvalue weighted by molar-refractivity contribution is 0.534. The topological polar surface area (TPSA) is 47.7 Å². The molecule has 2 rings (SSSR count). The molecule has 0 unspecified atom stereocenters. The van der Waals surface area contributed by atoms with Crippen molar-refractivity contribution in [2.75, 3.05) is 6.54 Å². The van der Waals surface area contributed by atoms with Gasteiger partial charge in [0.1, 0.15) is 0 Å². The first-order valence-corrected chi connectivity index (χ1v) is 6.98. The fourth-order valence-corrected chi connectivity index (χ4v) is 2.38. The average molecular weight is 282 g/mol. The predicted octanol–water partition coefficient (Wildman–Crippen LogP) is 2.01. The molecule has 0 fully saturated rings. The first kappa shape index (κ1) is 14.1. The summed E-state index contributed by atoms with van der Waals surface area (Å²) in [6, 6.07) is 1.94. The zero-order valence-electron chi connectivity index (χ0n) is 11.4. The first-order chi connectivity index (χ1) is 9.22.